The summed E-state index contributed by atoms with van der Waals surface area (Å²) in [5, 5.41) is 14.6. The Bertz CT molecular complexity index is 1220. The van der Waals surface area contributed by atoms with Gasteiger partial charge in [0.25, 0.3) is 17.2 Å². The highest BCUT2D eigenvalue weighted by Gasteiger charge is 2.13. The van der Waals surface area contributed by atoms with E-state index in [1.807, 2.05) is 0 Å². The number of hydrogen-bond donors (Lipinski definition) is 2. The first-order valence-corrected chi connectivity index (χ1v) is 8.00. The minimum Gasteiger partial charge on any atom is -0.315 e. The first-order chi connectivity index (χ1) is 13.3. The zero-order valence-corrected chi connectivity index (χ0v) is 14.9. The maximum absolute atomic E-state index is 12.2. The van der Waals surface area contributed by atoms with Crippen LogP contribution in [0.1, 0.15) is 12.5 Å². The van der Waals surface area contributed by atoms with Crippen molar-refractivity contribution in [3.05, 3.63) is 67.1 Å². The first kappa shape index (κ1) is 18.7. The van der Waals surface area contributed by atoms with Gasteiger partial charge in [-0.25, -0.2) is 15.2 Å². The van der Waals surface area contributed by atoms with Gasteiger partial charge in [0.1, 0.15) is 6.54 Å². The zero-order valence-electron chi connectivity index (χ0n) is 14.9. The molecule has 3 rings (SSSR count). The number of hydrogen-bond acceptors (Lipinski definition) is 7. The van der Waals surface area contributed by atoms with Crippen LogP contribution in [0.3, 0.4) is 0 Å². The van der Waals surface area contributed by atoms with Crippen LogP contribution < -0.4 is 16.7 Å². The van der Waals surface area contributed by atoms with Crippen LogP contribution in [0.5, 0.6) is 0 Å². The summed E-state index contributed by atoms with van der Waals surface area (Å²) in [5.41, 5.74) is 2.35. The van der Waals surface area contributed by atoms with Gasteiger partial charge in [0.2, 0.25) is 0 Å². The molecule has 12 heteroatoms. The average molecular weight is 385 g/mol. The number of carbonyl (C=O) groups is 1. The Morgan fingerprint density at radius 1 is 1.32 bits per heavy atom. The standard InChI is InChI=1S/C16H15N7O5/c1-9(10-3-5-11(6-4-10)23(27)28)19-20-12(24)7-22-8-17-14-13(22)15(25)18-16(26)21(14)2/h3-6,8H,7H2,1-2H3,(H,20,24)(H,18,25,26)/b19-9-. The lowest BCUT2D eigenvalue weighted by atomic mass is 10.1. The first-order valence-electron chi connectivity index (χ1n) is 8.00. The van der Waals surface area contributed by atoms with Crippen molar-refractivity contribution in [3.8, 4) is 0 Å². The van der Waals surface area contributed by atoms with Gasteiger partial charge in [-0.3, -0.25) is 29.3 Å². The van der Waals surface area contributed by atoms with Gasteiger partial charge in [0, 0.05) is 19.2 Å². The summed E-state index contributed by atoms with van der Waals surface area (Å²) in [6.07, 6.45) is 1.28. The molecule has 0 spiro atoms. The Hall–Kier alpha value is -4.09. The Kier molecular flexibility index (Phi) is 4.85. The quantitative estimate of drug-likeness (QED) is 0.354. The van der Waals surface area contributed by atoms with Crippen LogP contribution in [0.15, 0.2) is 45.3 Å². The predicted molar refractivity (Wildman–Crippen MR) is 99.0 cm³/mol. The number of imidazole rings is 1. The molecule has 0 radical (unpaired) electrons. The predicted octanol–water partition coefficient (Wildman–Crippen LogP) is -0.128. The number of benzene rings is 1. The summed E-state index contributed by atoms with van der Waals surface area (Å²) in [4.78, 5) is 52.1. The van der Waals surface area contributed by atoms with Crippen molar-refractivity contribution in [2.75, 3.05) is 0 Å². The van der Waals surface area contributed by atoms with E-state index in [0.717, 1.165) is 0 Å². The fourth-order valence-corrected chi connectivity index (χ4v) is 2.53. The number of carbonyl (C=O) groups excluding carboxylic acids is 1. The van der Waals surface area contributed by atoms with Crippen molar-refractivity contribution in [1.29, 1.82) is 0 Å². The molecular formula is C16H15N7O5. The minimum absolute atomic E-state index is 0.0489. The highest BCUT2D eigenvalue weighted by atomic mass is 16.6. The van der Waals surface area contributed by atoms with Crippen molar-refractivity contribution in [3.63, 3.8) is 0 Å². The van der Waals surface area contributed by atoms with Gasteiger partial charge in [-0.1, -0.05) is 0 Å². The van der Waals surface area contributed by atoms with E-state index in [0.29, 0.717) is 11.3 Å². The van der Waals surface area contributed by atoms with Gasteiger partial charge in [-0.2, -0.15) is 5.10 Å². The molecule has 12 nitrogen and oxygen atoms in total. The average Bonchev–Trinajstić information content (AvgIpc) is 3.08. The maximum Gasteiger partial charge on any atom is 0.329 e. The number of hydrazone groups is 1. The van der Waals surface area contributed by atoms with Crippen LogP contribution in [-0.2, 0) is 18.4 Å². The number of nitro groups is 1. The second-order valence-corrected chi connectivity index (χ2v) is 5.90. The number of aromatic nitrogens is 4. The lowest BCUT2D eigenvalue weighted by Gasteiger charge is -2.05. The van der Waals surface area contributed by atoms with Crippen LogP contribution in [-0.4, -0.2) is 35.6 Å². The number of fused-ring (bicyclic) bond motifs is 1. The Morgan fingerprint density at radius 3 is 2.64 bits per heavy atom. The van der Waals surface area contributed by atoms with Gasteiger partial charge in [-0.05, 0) is 24.6 Å². The minimum atomic E-state index is -0.644. The molecule has 0 bridgehead atoms. The molecule has 0 fully saturated rings. The van der Waals surface area contributed by atoms with E-state index in [4.69, 9.17) is 0 Å². The second-order valence-electron chi connectivity index (χ2n) is 5.90. The van der Waals surface area contributed by atoms with Gasteiger partial charge in [0.15, 0.2) is 11.2 Å². The third kappa shape index (κ3) is 3.56. The molecule has 2 aromatic heterocycles. The Labute approximate surface area is 156 Å². The van der Waals surface area contributed by atoms with Crippen LogP contribution in [0.4, 0.5) is 5.69 Å². The van der Waals surface area contributed by atoms with Crippen molar-refractivity contribution < 1.29 is 9.72 Å². The molecule has 1 aromatic carbocycles. The van der Waals surface area contributed by atoms with E-state index >= 15 is 0 Å². The molecule has 144 valence electrons. The molecule has 3 aromatic rings. The van der Waals surface area contributed by atoms with E-state index in [1.54, 1.807) is 6.92 Å². The van der Waals surface area contributed by atoms with Crippen molar-refractivity contribution >= 4 is 28.5 Å². The summed E-state index contributed by atoms with van der Waals surface area (Å²) < 4.78 is 2.47. The van der Waals surface area contributed by atoms with E-state index in [9.17, 15) is 24.5 Å². The van der Waals surface area contributed by atoms with Crippen molar-refractivity contribution in [2.24, 2.45) is 12.1 Å². The molecule has 0 aliphatic carbocycles. The number of rotatable bonds is 5. The molecule has 0 saturated heterocycles. The number of H-pyrrole nitrogens is 1. The SMILES string of the molecule is C/C(=N/NC(=O)Cn1cnc2c1c(=O)[nH]c(=O)n2C)c1ccc([N+](=O)[O-])cc1. The molecule has 1 amide bonds. The monoisotopic (exact) mass is 385 g/mol. The molecule has 2 heterocycles. The molecule has 0 atom stereocenters. The molecule has 0 aliphatic rings. The number of nitrogens with zero attached hydrogens (tertiary/aromatic N) is 5. The van der Waals surface area contributed by atoms with E-state index in [1.165, 1.54) is 46.8 Å². The topological polar surface area (TPSA) is 157 Å². The highest BCUT2D eigenvalue weighted by Crippen LogP contribution is 2.12. The number of nitro benzene ring substituents is 1. The molecule has 0 saturated carbocycles. The summed E-state index contributed by atoms with van der Waals surface area (Å²) in [7, 11) is 1.45. The Balaban J connectivity index is 1.75. The fraction of sp³-hybridized carbons (Fsp3) is 0.188. The summed E-state index contributed by atoms with van der Waals surface area (Å²) in [6, 6.07) is 5.72. The summed E-state index contributed by atoms with van der Waals surface area (Å²) >= 11 is 0. The second kappa shape index (κ2) is 7.26. The molecular weight excluding hydrogens is 370 g/mol. The number of aromatic amines is 1. The highest BCUT2D eigenvalue weighted by molar-refractivity contribution is 5.99. The number of amides is 1. The molecule has 2 N–H and O–H groups in total. The molecule has 28 heavy (non-hydrogen) atoms. The van der Waals surface area contributed by atoms with Crippen LogP contribution in [0.25, 0.3) is 11.2 Å². The van der Waals surface area contributed by atoms with Gasteiger partial charge in [0.05, 0.1) is 17.0 Å². The lowest BCUT2D eigenvalue weighted by molar-refractivity contribution is -0.384. The zero-order chi connectivity index (χ0) is 20.4. The van der Waals surface area contributed by atoms with Crippen molar-refractivity contribution in [2.45, 2.75) is 13.5 Å². The smallest absolute Gasteiger partial charge is 0.315 e. The lowest BCUT2D eigenvalue weighted by Crippen LogP contribution is -2.30. The third-order valence-electron chi connectivity index (χ3n) is 4.03. The largest absolute Gasteiger partial charge is 0.329 e. The number of aryl methyl sites for hydroxylation is 1. The van der Waals surface area contributed by atoms with Crippen molar-refractivity contribution in [1.82, 2.24) is 24.5 Å². The number of nitrogens with one attached hydrogen (secondary N) is 2. The Morgan fingerprint density at radius 2 is 2.00 bits per heavy atom. The van der Waals surface area contributed by atoms with Gasteiger partial charge < -0.3 is 4.57 Å². The third-order valence-corrected chi connectivity index (χ3v) is 4.03. The normalized spacial score (nSPS) is 11.6. The molecule has 0 aliphatic heterocycles. The summed E-state index contributed by atoms with van der Waals surface area (Å²) in [5.74, 6) is -0.520. The molecule has 0 unspecified atom stereocenters. The van der Waals surface area contributed by atoms with E-state index < -0.39 is 22.1 Å². The van der Waals surface area contributed by atoms with E-state index in [2.05, 4.69) is 20.5 Å². The van der Waals surface area contributed by atoms with E-state index in [-0.39, 0.29) is 23.4 Å². The summed E-state index contributed by atoms with van der Waals surface area (Å²) in [6.45, 7) is 1.39. The van der Waals surface area contributed by atoms with Crippen LogP contribution >= 0.6 is 0 Å². The maximum atomic E-state index is 12.2. The van der Waals surface area contributed by atoms with Crippen LogP contribution in [0, 0.1) is 10.1 Å². The van der Waals surface area contributed by atoms with Crippen LogP contribution in [0.2, 0.25) is 0 Å². The van der Waals surface area contributed by atoms with Gasteiger partial charge in [-0.15, -0.1) is 0 Å². The fourth-order valence-electron chi connectivity index (χ4n) is 2.53. The van der Waals surface area contributed by atoms with Gasteiger partial charge >= 0.3 is 5.69 Å². The number of non-ortho nitro benzene ring substituents is 1.